The Hall–Kier alpha value is -3.77. The highest BCUT2D eigenvalue weighted by molar-refractivity contribution is 7.16. The summed E-state index contributed by atoms with van der Waals surface area (Å²) in [6, 6.07) is 7.85. The molecule has 3 aromatic rings. The minimum absolute atomic E-state index is 0.174. The molecule has 0 radical (unpaired) electrons. The van der Waals surface area contributed by atoms with Crippen molar-refractivity contribution < 1.29 is 18.7 Å². The average molecular weight is 465 g/mol. The standard InChI is InChI=1S/C24H24N4O4S/c1-28-9-2-3-18(28)13-26-24(30)32-15-17-4-6-19-20(12-25)23(33-21(19)11-17)27-22(29)7-5-16-8-10-31-14-16/h2-3,5,7-10,14,17H,4,6,11,13,15H2,1H3,(H,26,30)(H,27,29). The highest BCUT2D eigenvalue weighted by Gasteiger charge is 2.27. The van der Waals surface area contributed by atoms with Crippen molar-refractivity contribution in [3.8, 4) is 6.07 Å². The van der Waals surface area contributed by atoms with Crippen LogP contribution in [0.3, 0.4) is 0 Å². The molecule has 0 aromatic carbocycles. The minimum atomic E-state index is -0.441. The van der Waals surface area contributed by atoms with Crippen molar-refractivity contribution in [1.82, 2.24) is 9.88 Å². The molecule has 33 heavy (non-hydrogen) atoms. The first-order chi connectivity index (χ1) is 16.0. The fraction of sp³-hybridized carbons (Fsp3) is 0.292. The molecule has 1 atom stereocenters. The number of thiophene rings is 1. The second-order valence-electron chi connectivity index (χ2n) is 7.87. The topological polar surface area (TPSA) is 109 Å². The van der Waals surface area contributed by atoms with Gasteiger partial charge in [0.1, 0.15) is 11.1 Å². The van der Waals surface area contributed by atoms with Crippen LogP contribution >= 0.6 is 11.3 Å². The number of anilines is 1. The van der Waals surface area contributed by atoms with E-state index in [0.717, 1.165) is 28.1 Å². The van der Waals surface area contributed by atoms with Crippen molar-refractivity contribution in [2.24, 2.45) is 13.0 Å². The number of rotatable bonds is 7. The molecule has 0 bridgehead atoms. The SMILES string of the molecule is Cn1cccc1CNC(=O)OCC1CCc2c(sc(NC(=O)C=Cc3ccoc3)c2C#N)C1. The van der Waals surface area contributed by atoms with Crippen LogP contribution in [-0.4, -0.2) is 23.2 Å². The first-order valence-corrected chi connectivity index (χ1v) is 11.4. The molecule has 2 amide bonds. The third-order valence-corrected chi connectivity index (χ3v) is 6.77. The average Bonchev–Trinajstić information content (AvgIpc) is 3.54. The molecule has 0 spiro atoms. The van der Waals surface area contributed by atoms with Crippen LogP contribution in [0.5, 0.6) is 0 Å². The van der Waals surface area contributed by atoms with Crippen LogP contribution in [0.15, 0.2) is 47.4 Å². The number of alkyl carbamates (subject to hydrolysis) is 1. The lowest BCUT2D eigenvalue weighted by Gasteiger charge is -2.21. The molecule has 1 aliphatic carbocycles. The zero-order valence-corrected chi connectivity index (χ0v) is 19.0. The zero-order valence-electron chi connectivity index (χ0n) is 18.2. The number of aromatic nitrogens is 1. The van der Waals surface area contributed by atoms with Crippen LogP contribution in [-0.2, 0) is 36.0 Å². The van der Waals surface area contributed by atoms with Gasteiger partial charge in [-0.1, -0.05) is 0 Å². The van der Waals surface area contributed by atoms with Gasteiger partial charge in [-0.15, -0.1) is 11.3 Å². The van der Waals surface area contributed by atoms with Gasteiger partial charge in [0.2, 0.25) is 5.91 Å². The molecular formula is C24H24N4O4S. The molecule has 0 saturated carbocycles. The molecule has 0 aliphatic heterocycles. The predicted molar refractivity (Wildman–Crippen MR) is 125 cm³/mol. The van der Waals surface area contributed by atoms with Crippen molar-refractivity contribution >= 4 is 34.4 Å². The number of nitriles is 1. The first-order valence-electron chi connectivity index (χ1n) is 10.6. The van der Waals surface area contributed by atoms with Gasteiger partial charge in [-0.25, -0.2) is 4.79 Å². The quantitative estimate of drug-likeness (QED) is 0.509. The number of fused-ring (bicyclic) bond motifs is 1. The molecule has 2 N–H and O–H groups in total. The Balaban J connectivity index is 1.31. The van der Waals surface area contributed by atoms with Crippen LogP contribution < -0.4 is 10.6 Å². The maximum atomic E-state index is 12.3. The Bertz CT molecular complexity index is 1200. The van der Waals surface area contributed by atoms with Crippen molar-refractivity contribution in [3.63, 3.8) is 0 Å². The number of hydrogen-bond donors (Lipinski definition) is 2. The lowest BCUT2D eigenvalue weighted by Crippen LogP contribution is -2.28. The van der Waals surface area contributed by atoms with Crippen molar-refractivity contribution in [1.29, 1.82) is 5.26 Å². The van der Waals surface area contributed by atoms with E-state index in [1.54, 1.807) is 18.4 Å². The van der Waals surface area contributed by atoms with Crippen LogP contribution in [0.4, 0.5) is 9.80 Å². The number of hydrogen-bond acceptors (Lipinski definition) is 6. The Labute approximate surface area is 195 Å². The van der Waals surface area contributed by atoms with Crippen LogP contribution in [0.25, 0.3) is 6.08 Å². The summed E-state index contributed by atoms with van der Waals surface area (Å²) in [6.45, 7) is 0.721. The Morgan fingerprint density at radius 1 is 1.42 bits per heavy atom. The van der Waals surface area contributed by atoms with E-state index in [0.29, 0.717) is 36.6 Å². The molecule has 1 unspecified atom stereocenters. The number of carbonyl (C=O) groups excluding carboxylic acids is 2. The zero-order chi connectivity index (χ0) is 23.2. The van der Waals surface area contributed by atoms with Gasteiger partial charge in [0.15, 0.2) is 0 Å². The Morgan fingerprint density at radius 3 is 3.03 bits per heavy atom. The fourth-order valence-corrected chi connectivity index (χ4v) is 5.10. The second kappa shape index (κ2) is 10.2. The van der Waals surface area contributed by atoms with Gasteiger partial charge in [0.25, 0.3) is 0 Å². The highest BCUT2D eigenvalue weighted by Crippen LogP contribution is 2.39. The molecule has 9 heteroatoms. The summed E-state index contributed by atoms with van der Waals surface area (Å²) in [5, 5.41) is 15.8. The highest BCUT2D eigenvalue weighted by atomic mass is 32.1. The van der Waals surface area contributed by atoms with Gasteiger partial charge in [-0.05, 0) is 55.0 Å². The number of ether oxygens (including phenoxy) is 1. The lowest BCUT2D eigenvalue weighted by molar-refractivity contribution is -0.111. The minimum Gasteiger partial charge on any atom is -0.472 e. The van der Waals surface area contributed by atoms with E-state index >= 15 is 0 Å². The molecule has 3 aromatic heterocycles. The number of nitrogens with zero attached hydrogens (tertiary/aromatic N) is 2. The molecule has 0 fully saturated rings. The maximum absolute atomic E-state index is 12.3. The van der Waals surface area contributed by atoms with E-state index in [9.17, 15) is 14.9 Å². The molecule has 1 aliphatic rings. The van der Waals surface area contributed by atoms with E-state index in [2.05, 4.69) is 16.7 Å². The molecule has 3 heterocycles. The van der Waals surface area contributed by atoms with Gasteiger partial charge in [-0.3, -0.25) is 4.79 Å². The van der Waals surface area contributed by atoms with Gasteiger partial charge >= 0.3 is 6.09 Å². The number of nitrogens with one attached hydrogen (secondary N) is 2. The third-order valence-electron chi connectivity index (χ3n) is 5.60. The summed E-state index contributed by atoms with van der Waals surface area (Å²) in [5.41, 5.74) is 3.29. The summed E-state index contributed by atoms with van der Waals surface area (Å²) in [7, 11) is 1.92. The molecule has 170 valence electrons. The van der Waals surface area contributed by atoms with E-state index in [4.69, 9.17) is 9.15 Å². The largest absolute Gasteiger partial charge is 0.472 e. The lowest BCUT2D eigenvalue weighted by atomic mass is 9.88. The summed E-state index contributed by atoms with van der Waals surface area (Å²) in [5.74, 6) is -0.130. The van der Waals surface area contributed by atoms with Crippen LogP contribution in [0.2, 0.25) is 0 Å². The normalized spacial score (nSPS) is 15.1. The van der Waals surface area contributed by atoms with Gasteiger partial charge in [0, 0.05) is 35.5 Å². The van der Waals surface area contributed by atoms with E-state index in [-0.39, 0.29) is 11.8 Å². The van der Waals surface area contributed by atoms with Crippen molar-refractivity contribution in [3.05, 3.63) is 70.3 Å². The van der Waals surface area contributed by atoms with Crippen LogP contribution in [0, 0.1) is 17.2 Å². The number of amides is 2. The fourth-order valence-electron chi connectivity index (χ4n) is 3.79. The molecule has 8 nitrogen and oxygen atoms in total. The van der Waals surface area contributed by atoms with E-state index in [1.807, 2.05) is 29.9 Å². The summed E-state index contributed by atoms with van der Waals surface area (Å²) in [4.78, 5) is 25.4. The van der Waals surface area contributed by atoms with E-state index < -0.39 is 6.09 Å². The van der Waals surface area contributed by atoms with Crippen molar-refractivity contribution in [2.45, 2.75) is 25.8 Å². The number of aryl methyl sites for hydroxylation is 1. The summed E-state index contributed by atoms with van der Waals surface area (Å²) >= 11 is 1.42. The molecule has 4 rings (SSSR count). The second-order valence-corrected chi connectivity index (χ2v) is 8.98. The van der Waals surface area contributed by atoms with Crippen LogP contribution in [0.1, 0.15) is 33.7 Å². The summed E-state index contributed by atoms with van der Waals surface area (Å²) in [6.07, 6.45) is 9.86. The third kappa shape index (κ3) is 5.54. The Morgan fingerprint density at radius 2 is 2.30 bits per heavy atom. The van der Waals surface area contributed by atoms with Gasteiger partial charge in [0.05, 0.1) is 31.2 Å². The first kappa shape index (κ1) is 22.4. The summed E-state index contributed by atoms with van der Waals surface area (Å²) < 4.78 is 12.3. The molecule has 0 saturated heterocycles. The number of furan rings is 1. The van der Waals surface area contributed by atoms with Gasteiger partial charge < -0.3 is 24.4 Å². The van der Waals surface area contributed by atoms with E-state index in [1.165, 1.54) is 23.7 Å². The predicted octanol–water partition coefficient (Wildman–Crippen LogP) is 4.23. The number of carbonyl (C=O) groups is 2. The monoisotopic (exact) mass is 464 g/mol. The smallest absolute Gasteiger partial charge is 0.407 e. The van der Waals surface area contributed by atoms with Gasteiger partial charge in [-0.2, -0.15) is 5.26 Å². The Kier molecular flexibility index (Phi) is 6.95. The maximum Gasteiger partial charge on any atom is 0.407 e. The molecular weight excluding hydrogens is 440 g/mol. The van der Waals surface area contributed by atoms with Crippen molar-refractivity contribution in [2.75, 3.05) is 11.9 Å².